The molecule has 1 amide bonds. The van der Waals surface area contributed by atoms with Crippen molar-refractivity contribution >= 4 is 33.2 Å². The molecule has 0 saturated carbocycles. The molecule has 8 heteroatoms. The zero-order valence-corrected chi connectivity index (χ0v) is 17.0. The molecule has 0 aliphatic heterocycles. The second kappa shape index (κ2) is 9.36. The largest absolute Gasteiger partial charge is 0.490 e. The van der Waals surface area contributed by atoms with Gasteiger partial charge in [-0.05, 0) is 60.0 Å². The monoisotopic (exact) mass is 436 g/mol. The summed E-state index contributed by atoms with van der Waals surface area (Å²) in [6.45, 7) is 6.49. The predicted octanol–water partition coefficient (Wildman–Crippen LogP) is 5.11. The van der Waals surface area contributed by atoms with Gasteiger partial charge in [0, 0.05) is 11.6 Å². The first kappa shape index (κ1) is 20.7. The maximum atomic E-state index is 12.7. The first-order chi connectivity index (χ1) is 12.9. The Labute approximate surface area is 166 Å². The van der Waals surface area contributed by atoms with E-state index in [0.717, 1.165) is 12.0 Å². The number of halogens is 1. The highest BCUT2D eigenvalue weighted by Gasteiger charge is 2.20. The van der Waals surface area contributed by atoms with Gasteiger partial charge in [-0.2, -0.15) is 0 Å². The summed E-state index contributed by atoms with van der Waals surface area (Å²) >= 11 is 3.41. The minimum Gasteiger partial charge on any atom is -0.490 e. The van der Waals surface area contributed by atoms with E-state index in [1.807, 2.05) is 13.8 Å². The van der Waals surface area contributed by atoms with Crippen LogP contribution in [0.1, 0.15) is 36.2 Å². The number of amides is 1. The number of hydrogen-bond acceptors (Lipinski definition) is 5. The number of nitrogens with zero attached hydrogens (tertiary/aromatic N) is 1. The standard InChI is InChI=1S/C19H21BrN2O5/c1-4-8-27-18-14(20)10-13(11-17(18)26-5-2)19(23)21-15-7-6-12(3)9-16(15)22(24)25/h6-7,9-11H,4-5,8H2,1-3H3,(H,21,23). The molecule has 2 aromatic rings. The van der Waals surface area contributed by atoms with Crippen molar-refractivity contribution in [3.8, 4) is 11.5 Å². The van der Waals surface area contributed by atoms with Crippen LogP contribution >= 0.6 is 15.9 Å². The molecule has 0 atom stereocenters. The van der Waals surface area contributed by atoms with Gasteiger partial charge in [-0.25, -0.2) is 0 Å². The number of carbonyl (C=O) groups excluding carboxylic acids is 1. The van der Waals surface area contributed by atoms with E-state index in [0.29, 0.717) is 34.7 Å². The number of aryl methyl sites for hydroxylation is 1. The van der Waals surface area contributed by atoms with Crippen molar-refractivity contribution in [2.24, 2.45) is 0 Å². The summed E-state index contributed by atoms with van der Waals surface area (Å²) in [5, 5.41) is 13.8. The number of nitro groups is 1. The SMILES string of the molecule is CCCOc1c(Br)cc(C(=O)Nc2ccc(C)cc2[N+](=O)[O-])cc1OCC. The molecule has 0 aliphatic rings. The van der Waals surface area contributed by atoms with Gasteiger partial charge in [0.25, 0.3) is 11.6 Å². The summed E-state index contributed by atoms with van der Waals surface area (Å²) < 4.78 is 11.9. The fourth-order valence-electron chi connectivity index (χ4n) is 2.40. The van der Waals surface area contributed by atoms with Gasteiger partial charge < -0.3 is 14.8 Å². The number of nitrogens with one attached hydrogen (secondary N) is 1. The lowest BCUT2D eigenvalue weighted by molar-refractivity contribution is -0.384. The number of hydrogen-bond donors (Lipinski definition) is 1. The van der Waals surface area contributed by atoms with Crippen molar-refractivity contribution in [2.45, 2.75) is 27.2 Å². The fourth-order valence-corrected chi connectivity index (χ4v) is 2.96. The van der Waals surface area contributed by atoms with Crippen molar-refractivity contribution in [1.29, 1.82) is 0 Å². The van der Waals surface area contributed by atoms with Crippen molar-refractivity contribution in [2.75, 3.05) is 18.5 Å². The number of carbonyl (C=O) groups is 1. The lowest BCUT2D eigenvalue weighted by Crippen LogP contribution is -2.14. The summed E-state index contributed by atoms with van der Waals surface area (Å²) in [7, 11) is 0. The minimum atomic E-state index is -0.522. The Balaban J connectivity index is 2.35. The fraction of sp³-hybridized carbons (Fsp3) is 0.316. The van der Waals surface area contributed by atoms with Crippen LogP contribution in [-0.4, -0.2) is 24.0 Å². The highest BCUT2D eigenvalue weighted by atomic mass is 79.9. The molecule has 0 aromatic heterocycles. The lowest BCUT2D eigenvalue weighted by atomic mass is 10.1. The summed E-state index contributed by atoms with van der Waals surface area (Å²) in [5.74, 6) is 0.478. The quantitative estimate of drug-likeness (QED) is 0.458. The third-order valence-electron chi connectivity index (χ3n) is 3.62. The summed E-state index contributed by atoms with van der Waals surface area (Å²) in [6.07, 6.45) is 0.831. The molecule has 2 aromatic carbocycles. The van der Waals surface area contributed by atoms with E-state index >= 15 is 0 Å². The summed E-state index contributed by atoms with van der Waals surface area (Å²) in [6, 6.07) is 7.80. The normalized spacial score (nSPS) is 10.4. The molecule has 27 heavy (non-hydrogen) atoms. The van der Waals surface area contributed by atoms with Gasteiger partial charge in [0.05, 0.1) is 22.6 Å². The Hall–Kier alpha value is -2.61. The highest BCUT2D eigenvalue weighted by molar-refractivity contribution is 9.10. The minimum absolute atomic E-state index is 0.135. The zero-order chi connectivity index (χ0) is 20.0. The van der Waals surface area contributed by atoms with Crippen LogP contribution in [0, 0.1) is 17.0 Å². The van der Waals surface area contributed by atoms with Crippen molar-refractivity contribution in [3.05, 3.63) is 56.0 Å². The van der Waals surface area contributed by atoms with Gasteiger partial charge in [0.15, 0.2) is 11.5 Å². The van der Waals surface area contributed by atoms with Gasteiger partial charge >= 0.3 is 0 Å². The Morgan fingerprint density at radius 2 is 1.96 bits per heavy atom. The first-order valence-electron chi connectivity index (χ1n) is 8.52. The van der Waals surface area contributed by atoms with Crippen molar-refractivity contribution in [1.82, 2.24) is 0 Å². The highest BCUT2D eigenvalue weighted by Crippen LogP contribution is 2.37. The van der Waals surface area contributed by atoms with Crippen LogP contribution in [0.5, 0.6) is 11.5 Å². The average molecular weight is 437 g/mol. The molecule has 0 unspecified atom stereocenters. The van der Waals surface area contributed by atoms with Crippen LogP contribution in [0.15, 0.2) is 34.8 Å². The van der Waals surface area contributed by atoms with Crippen LogP contribution in [0.4, 0.5) is 11.4 Å². The van der Waals surface area contributed by atoms with E-state index in [4.69, 9.17) is 9.47 Å². The van der Waals surface area contributed by atoms with E-state index in [1.165, 1.54) is 12.1 Å². The van der Waals surface area contributed by atoms with Gasteiger partial charge in [0.1, 0.15) is 5.69 Å². The van der Waals surface area contributed by atoms with E-state index in [1.54, 1.807) is 25.1 Å². The Kier molecular flexibility index (Phi) is 7.18. The van der Waals surface area contributed by atoms with Gasteiger partial charge in [-0.3, -0.25) is 14.9 Å². The lowest BCUT2D eigenvalue weighted by Gasteiger charge is -2.15. The second-order valence-corrected chi connectivity index (χ2v) is 6.65. The van der Waals surface area contributed by atoms with E-state index < -0.39 is 10.8 Å². The molecule has 0 heterocycles. The molecule has 0 radical (unpaired) electrons. The molecule has 7 nitrogen and oxygen atoms in total. The van der Waals surface area contributed by atoms with Crippen LogP contribution in [0.3, 0.4) is 0 Å². The number of nitro benzene ring substituents is 1. The Morgan fingerprint density at radius 3 is 2.59 bits per heavy atom. The van der Waals surface area contributed by atoms with E-state index in [2.05, 4.69) is 21.2 Å². The van der Waals surface area contributed by atoms with Crippen molar-refractivity contribution in [3.63, 3.8) is 0 Å². The third kappa shape index (κ3) is 5.19. The van der Waals surface area contributed by atoms with E-state index in [9.17, 15) is 14.9 Å². The molecule has 144 valence electrons. The molecule has 1 N–H and O–H groups in total. The van der Waals surface area contributed by atoms with Gasteiger partial charge in [0.2, 0.25) is 0 Å². The average Bonchev–Trinajstić information content (AvgIpc) is 2.62. The van der Waals surface area contributed by atoms with Crippen molar-refractivity contribution < 1.29 is 19.2 Å². The molecule has 0 bridgehead atoms. The number of rotatable bonds is 8. The predicted molar refractivity (Wildman–Crippen MR) is 107 cm³/mol. The third-order valence-corrected chi connectivity index (χ3v) is 4.21. The summed E-state index contributed by atoms with van der Waals surface area (Å²) in [5.41, 5.74) is 1.01. The number of ether oxygens (including phenoxy) is 2. The maximum Gasteiger partial charge on any atom is 0.293 e. The van der Waals surface area contributed by atoms with E-state index in [-0.39, 0.29) is 11.4 Å². The molecule has 0 spiro atoms. The number of benzene rings is 2. The topological polar surface area (TPSA) is 90.7 Å². The molecular formula is C19H21BrN2O5. The maximum absolute atomic E-state index is 12.7. The van der Waals surface area contributed by atoms with Crippen LogP contribution in [0.25, 0.3) is 0 Å². The molecule has 0 fully saturated rings. The molecular weight excluding hydrogens is 416 g/mol. The smallest absolute Gasteiger partial charge is 0.293 e. The molecule has 0 aliphatic carbocycles. The van der Waals surface area contributed by atoms with Crippen LogP contribution in [0.2, 0.25) is 0 Å². The summed E-state index contributed by atoms with van der Waals surface area (Å²) in [4.78, 5) is 23.4. The number of anilines is 1. The molecule has 0 saturated heterocycles. The Morgan fingerprint density at radius 1 is 1.22 bits per heavy atom. The zero-order valence-electron chi connectivity index (χ0n) is 15.4. The van der Waals surface area contributed by atoms with Gasteiger partial charge in [-0.15, -0.1) is 0 Å². The van der Waals surface area contributed by atoms with Crippen LogP contribution < -0.4 is 14.8 Å². The first-order valence-corrected chi connectivity index (χ1v) is 9.32. The van der Waals surface area contributed by atoms with Gasteiger partial charge in [-0.1, -0.05) is 13.0 Å². The molecule has 2 rings (SSSR count). The Bertz CT molecular complexity index is 854. The van der Waals surface area contributed by atoms with Crippen LogP contribution in [-0.2, 0) is 0 Å². The second-order valence-electron chi connectivity index (χ2n) is 5.80.